The van der Waals surface area contributed by atoms with E-state index in [1.807, 2.05) is 4.90 Å². The Labute approximate surface area is 164 Å². The lowest BCUT2D eigenvalue weighted by molar-refractivity contribution is -0.134. The molecule has 0 aromatic heterocycles. The van der Waals surface area contributed by atoms with Crippen molar-refractivity contribution in [1.29, 1.82) is 0 Å². The Morgan fingerprint density at radius 1 is 1.00 bits per heavy atom. The van der Waals surface area contributed by atoms with Crippen LogP contribution < -0.4 is 5.32 Å². The van der Waals surface area contributed by atoms with Gasteiger partial charge in [0.1, 0.15) is 0 Å². The third kappa shape index (κ3) is 6.95. The van der Waals surface area contributed by atoms with Crippen LogP contribution in [-0.4, -0.2) is 60.9 Å². The number of nitrogens with zero attached hydrogens (tertiary/aromatic N) is 2. The van der Waals surface area contributed by atoms with Crippen LogP contribution in [0.5, 0.6) is 0 Å². The second-order valence-corrected chi connectivity index (χ2v) is 8.57. The molecule has 0 unspecified atom stereocenters. The summed E-state index contributed by atoms with van der Waals surface area (Å²) in [4.78, 5) is 28.9. The first-order chi connectivity index (χ1) is 13.2. The van der Waals surface area contributed by atoms with Gasteiger partial charge in [-0.2, -0.15) is 0 Å². The standard InChI is InChI=1S/C22H37N3O2/c26-21(23-12-11-19-7-3-1-4-8-19)18-24-13-15-25(16-14-24)22(27)17-20-9-5-2-6-10-20/h7,20H,1-6,8-18H2,(H,23,26). The number of carbonyl (C=O) groups excluding carboxylic acids is 2. The zero-order valence-corrected chi connectivity index (χ0v) is 16.9. The molecule has 5 heteroatoms. The van der Waals surface area contributed by atoms with Gasteiger partial charge in [-0.25, -0.2) is 0 Å². The summed E-state index contributed by atoms with van der Waals surface area (Å²) in [7, 11) is 0. The highest BCUT2D eigenvalue weighted by Gasteiger charge is 2.25. The Morgan fingerprint density at radius 3 is 2.48 bits per heavy atom. The molecule has 1 N–H and O–H groups in total. The van der Waals surface area contributed by atoms with Crippen LogP contribution in [0.3, 0.4) is 0 Å². The number of nitrogens with one attached hydrogen (secondary N) is 1. The Bertz CT molecular complexity index is 518. The average Bonchev–Trinajstić information content (AvgIpc) is 2.70. The summed E-state index contributed by atoms with van der Waals surface area (Å²) in [6.45, 7) is 4.38. The molecule has 3 rings (SSSR count). The van der Waals surface area contributed by atoms with Gasteiger partial charge in [-0.05, 0) is 50.9 Å². The van der Waals surface area contributed by atoms with Gasteiger partial charge < -0.3 is 10.2 Å². The van der Waals surface area contributed by atoms with E-state index in [1.165, 1.54) is 63.4 Å². The van der Waals surface area contributed by atoms with Gasteiger partial charge in [0.15, 0.2) is 0 Å². The lowest BCUT2D eigenvalue weighted by Gasteiger charge is -2.35. The predicted octanol–water partition coefficient (Wildman–Crippen LogP) is 3.11. The Kier molecular flexibility index (Phi) is 8.18. The molecular weight excluding hydrogens is 338 g/mol. The average molecular weight is 376 g/mol. The molecule has 2 fully saturated rings. The molecule has 3 aliphatic rings. The number of hydrogen-bond donors (Lipinski definition) is 1. The summed E-state index contributed by atoms with van der Waals surface area (Å²) in [5.74, 6) is 1.05. The van der Waals surface area contributed by atoms with Crippen molar-refractivity contribution in [2.45, 2.75) is 70.6 Å². The highest BCUT2D eigenvalue weighted by molar-refractivity contribution is 5.78. The number of piperazine rings is 1. The van der Waals surface area contributed by atoms with Gasteiger partial charge >= 0.3 is 0 Å². The molecule has 1 saturated heterocycles. The monoisotopic (exact) mass is 375 g/mol. The maximum Gasteiger partial charge on any atom is 0.234 e. The summed E-state index contributed by atoms with van der Waals surface area (Å²) in [5, 5.41) is 3.06. The molecule has 0 aromatic carbocycles. The highest BCUT2D eigenvalue weighted by Crippen LogP contribution is 2.27. The first-order valence-electron chi connectivity index (χ1n) is 11.2. The number of rotatable bonds is 7. The van der Waals surface area contributed by atoms with Crippen molar-refractivity contribution in [2.75, 3.05) is 39.3 Å². The van der Waals surface area contributed by atoms with Crippen LogP contribution in [0.25, 0.3) is 0 Å². The molecule has 5 nitrogen and oxygen atoms in total. The third-order valence-corrected chi connectivity index (χ3v) is 6.43. The van der Waals surface area contributed by atoms with Crippen molar-refractivity contribution in [2.24, 2.45) is 5.92 Å². The van der Waals surface area contributed by atoms with Gasteiger partial charge in [0, 0.05) is 39.1 Å². The Hall–Kier alpha value is -1.36. The third-order valence-electron chi connectivity index (χ3n) is 6.43. The first-order valence-corrected chi connectivity index (χ1v) is 11.2. The number of amides is 2. The fourth-order valence-corrected chi connectivity index (χ4v) is 4.68. The minimum Gasteiger partial charge on any atom is -0.355 e. The molecule has 1 aliphatic heterocycles. The summed E-state index contributed by atoms with van der Waals surface area (Å²) in [6, 6.07) is 0. The van der Waals surface area contributed by atoms with Gasteiger partial charge in [0.2, 0.25) is 11.8 Å². The molecule has 27 heavy (non-hydrogen) atoms. The molecule has 0 bridgehead atoms. The van der Waals surface area contributed by atoms with E-state index in [0.29, 0.717) is 18.4 Å². The largest absolute Gasteiger partial charge is 0.355 e. The normalized spacial score (nSPS) is 22.4. The van der Waals surface area contributed by atoms with Gasteiger partial charge in [0.05, 0.1) is 6.54 Å². The van der Waals surface area contributed by atoms with E-state index in [4.69, 9.17) is 0 Å². The molecule has 0 aromatic rings. The number of hydrogen-bond acceptors (Lipinski definition) is 3. The van der Waals surface area contributed by atoms with E-state index < -0.39 is 0 Å². The quantitative estimate of drug-likeness (QED) is 0.696. The van der Waals surface area contributed by atoms with Gasteiger partial charge in [-0.3, -0.25) is 14.5 Å². The number of carbonyl (C=O) groups is 2. The van der Waals surface area contributed by atoms with E-state index in [-0.39, 0.29) is 5.91 Å². The van der Waals surface area contributed by atoms with Crippen molar-refractivity contribution in [1.82, 2.24) is 15.1 Å². The fourth-order valence-electron chi connectivity index (χ4n) is 4.68. The van der Waals surface area contributed by atoms with Crippen molar-refractivity contribution >= 4 is 11.8 Å². The molecule has 1 heterocycles. The van der Waals surface area contributed by atoms with E-state index in [1.54, 1.807) is 0 Å². The second kappa shape index (κ2) is 10.8. The van der Waals surface area contributed by atoms with Crippen LogP contribution in [-0.2, 0) is 9.59 Å². The fraction of sp³-hybridized carbons (Fsp3) is 0.818. The molecule has 0 spiro atoms. The molecule has 0 atom stereocenters. The van der Waals surface area contributed by atoms with E-state index >= 15 is 0 Å². The summed E-state index contributed by atoms with van der Waals surface area (Å²) >= 11 is 0. The van der Waals surface area contributed by atoms with E-state index in [0.717, 1.165) is 45.6 Å². The van der Waals surface area contributed by atoms with E-state index in [2.05, 4.69) is 16.3 Å². The minimum absolute atomic E-state index is 0.119. The first kappa shape index (κ1) is 20.4. The Morgan fingerprint density at radius 2 is 1.78 bits per heavy atom. The SMILES string of the molecule is O=C(CN1CCN(C(=O)CC2CCCCC2)CC1)NCCC1=CCCCC1. The lowest BCUT2D eigenvalue weighted by Crippen LogP contribution is -2.51. The highest BCUT2D eigenvalue weighted by atomic mass is 16.2. The zero-order chi connectivity index (χ0) is 18.9. The predicted molar refractivity (Wildman–Crippen MR) is 108 cm³/mol. The topological polar surface area (TPSA) is 52.7 Å². The summed E-state index contributed by atoms with van der Waals surface area (Å²) in [6.07, 6.45) is 15.4. The number of allylic oxidation sites excluding steroid dienone is 1. The van der Waals surface area contributed by atoms with Crippen molar-refractivity contribution in [3.05, 3.63) is 11.6 Å². The van der Waals surface area contributed by atoms with Crippen LogP contribution in [0.4, 0.5) is 0 Å². The van der Waals surface area contributed by atoms with Crippen LogP contribution in [0.2, 0.25) is 0 Å². The maximum absolute atomic E-state index is 12.5. The van der Waals surface area contributed by atoms with Crippen LogP contribution in [0.1, 0.15) is 70.6 Å². The molecule has 0 radical (unpaired) electrons. The molecule has 152 valence electrons. The zero-order valence-electron chi connectivity index (χ0n) is 16.9. The lowest BCUT2D eigenvalue weighted by atomic mass is 9.86. The van der Waals surface area contributed by atoms with Crippen LogP contribution in [0.15, 0.2) is 11.6 Å². The maximum atomic E-state index is 12.5. The molecule has 2 aliphatic carbocycles. The second-order valence-electron chi connectivity index (χ2n) is 8.57. The molecular formula is C22H37N3O2. The van der Waals surface area contributed by atoms with E-state index in [9.17, 15) is 9.59 Å². The van der Waals surface area contributed by atoms with Gasteiger partial charge in [-0.1, -0.05) is 30.9 Å². The summed E-state index contributed by atoms with van der Waals surface area (Å²) in [5.41, 5.74) is 1.51. The minimum atomic E-state index is 0.119. The van der Waals surface area contributed by atoms with Gasteiger partial charge in [-0.15, -0.1) is 0 Å². The molecule has 1 saturated carbocycles. The van der Waals surface area contributed by atoms with Crippen molar-refractivity contribution in [3.63, 3.8) is 0 Å². The Balaban J connectivity index is 1.28. The van der Waals surface area contributed by atoms with Crippen molar-refractivity contribution < 1.29 is 9.59 Å². The van der Waals surface area contributed by atoms with Crippen LogP contribution >= 0.6 is 0 Å². The van der Waals surface area contributed by atoms with Crippen molar-refractivity contribution in [3.8, 4) is 0 Å². The van der Waals surface area contributed by atoms with Crippen LogP contribution in [0, 0.1) is 5.92 Å². The molecule has 2 amide bonds. The summed E-state index contributed by atoms with van der Waals surface area (Å²) < 4.78 is 0. The van der Waals surface area contributed by atoms with Gasteiger partial charge in [0.25, 0.3) is 0 Å². The smallest absolute Gasteiger partial charge is 0.234 e.